The van der Waals surface area contributed by atoms with Crippen LogP contribution in [0.5, 0.6) is 0 Å². The third kappa shape index (κ3) is 6.02. The molecule has 0 aromatic carbocycles. The van der Waals surface area contributed by atoms with Crippen LogP contribution in [0.1, 0.15) is 33.6 Å². The number of carbonyl (C=O) groups excluding carboxylic acids is 2. The molecule has 110 valence electrons. The minimum Gasteiger partial charge on any atom is -0.338 e. The van der Waals surface area contributed by atoms with Crippen molar-refractivity contribution in [1.29, 1.82) is 0 Å². The molecule has 0 saturated carbocycles. The first-order valence-electron chi connectivity index (χ1n) is 6.95. The molecule has 1 saturated heterocycles. The highest BCUT2D eigenvalue weighted by Crippen LogP contribution is 2.14. The second-order valence-electron chi connectivity index (χ2n) is 5.76. The number of nitrogens with one attached hydrogen (secondary N) is 2. The Bertz CT molecular complexity index is 320. The van der Waals surface area contributed by atoms with Crippen molar-refractivity contribution >= 4 is 11.9 Å². The first kappa shape index (κ1) is 15.9. The second-order valence-corrected chi connectivity index (χ2v) is 5.76. The molecule has 0 aromatic heterocycles. The molecule has 1 aliphatic rings. The number of piperidine rings is 1. The van der Waals surface area contributed by atoms with E-state index in [1.54, 1.807) is 0 Å². The molecule has 1 rings (SSSR count). The summed E-state index contributed by atoms with van der Waals surface area (Å²) in [4.78, 5) is 25.3. The van der Waals surface area contributed by atoms with Gasteiger partial charge in [-0.25, -0.2) is 4.79 Å². The van der Waals surface area contributed by atoms with Crippen LogP contribution in [0.25, 0.3) is 0 Å². The van der Waals surface area contributed by atoms with Crippen molar-refractivity contribution < 1.29 is 9.59 Å². The lowest BCUT2D eigenvalue weighted by atomic mass is 9.99. The summed E-state index contributed by atoms with van der Waals surface area (Å²) in [5, 5.41) is 5.01. The van der Waals surface area contributed by atoms with E-state index in [0.29, 0.717) is 12.5 Å². The zero-order valence-corrected chi connectivity index (χ0v) is 12.1. The van der Waals surface area contributed by atoms with E-state index in [-0.39, 0.29) is 24.5 Å². The molecule has 6 heteroatoms. The van der Waals surface area contributed by atoms with Gasteiger partial charge in [0.15, 0.2) is 0 Å². The monoisotopic (exact) mass is 270 g/mol. The van der Waals surface area contributed by atoms with Gasteiger partial charge < -0.3 is 11.1 Å². The van der Waals surface area contributed by atoms with Crippen LogP contribution in [0, 0.1) is 5.92 Å². The van der Waals surface area contributed by atoms with Gasteiger partial charge in [0.25, 0.3) is 0 Å². The van der Waals surface area contributed by atoms with Crippen LogP contribution in [-0.2, 0) is 4.79 Å². The fraction of sp³-hybridized carbons (Fsp3) is 0.846. The number of carbonyl (C=O) groups is 2. The predicted molar refractivity (Wildman–Crippen MR) is 74.6 cm³/mol. The molecule has 2 atom stereocenters. The second kappa shape index (κ2) is 7.45. The van der Waals surface area contributed by atoms with E-state index in [9.17, 15) is 9.59 Å². The summed E-state index contributed by atoms with van der Waals surface area (Å²) < 4.78 is 0. The van der Waals surface area contributed by atoms with Crippen LogP contribution >= 0.6 is 0 Å². The first-order valence-corrected chi connectivity index (χ1v) is 6.95. The maximum atomic E-state index is 11.7. The molecule has 1 fully saturated rings. The Morgan fingerprint density at radius 3 is 2.68 bits per heavy atom. The summed E-state index contributed by atoms with van der Waals surface area (Å²) in [7, 11) is 0. The third-order valence-corrected chi connectivity index (χ3v) is 3.32. The highest BCUT2D eigenvalue weighted by Gasteiger charge is 2.25. The van der Waals surface area contributed by atoms with E-state index >= 15 is 0 Å². The Hall–Kier alpha value is -1.14. The van der Waals surface area contributed by atoms with Gasteiger partial charge in [0, 0.05) is 25.2 Å². The lowest BCUT2D eigenvalue weighted by Gasteiger charge is -2.35. The lowest BCUT2D eigenvalue weighted by Crippen LogP contribution is -2.51. The summed E-state index contributed by atoms with van der Waals surface area (Å²) >= 11 is 0. The van der Waals surface area contributed by atoms with Crippen LogP contribution < -0.4 is 16.4 Å². The van der Waals surface area contributed by atoms with Crippen molar-refractivity contribution in [3.63, 3.8) is 0 Å². The van der Waals surface area contributed by atoms with Crippen molar-refractivity contribution in [2.75, 3.05) is 19.6 Å². The van der Waals surface area contributed by atoms with Crippen LogP contribution in [0.2, 0.25) is 0 Å². The topological polar surface area (TPSA) is 87.5 Å². The zero-order chi connectivity index (χ0) is 14.4. The maximum absolute atomic E-state index is 11.7. The Kier molecular flexibility index (Phi) is 6.24. The van der Waals surface area contributed by atoms with E-state index < -0.39 is 6.03 Å². The van der Waals surface area contributed by atoms with Gasteiger partial charge in [0.2, 0.25) is 5.91 Å². The molecular formula is C13H26N4O2. The summed E-state index contributed by atoms with van der Waals surface area (Å²) in [6.07, 6.45) is 1.80. The number of hydrogen-bond donors (Lipinski definition) is 3. The van der Waals surface area contributed by atoms with E-state index in [2.05, 4.69) is 22.5 Å². The molecule has 0 radical (unpaired) electrons. The molecule has 1 aliphatic heterocycles. The number of amides is 3. The average Bonchev–Trinajstić information content (AvgIpc) is 2.30. The standard InChI is InChI=1S/C13H26N4O2/c1-9(2)7-15-13(19)16-12(18)8-17-5-4-11(14)6-10(17)3/h9-11H,4-8,14H2,1-3H3,(H2,15,16,18,19). The number of imide groups is 1. The Balaban J connectivity index is 2.29. The number of urea groups is 1. The minimum atomic E-state index is -0.417. The number of nitrogens with zero attached hydrogens (tertiary/aromatic N) is 1. The third-order valence-electron chi connectivity index (χ3n) is 3.32. The normalized spacial score (nSPS) is 24.3. The fourth-order valence-electron chi connectivity index (χ4n) is 2.18. The van der Waals surface area contributed by atoms with Crippen LogP contribution in [-0.4, -0.2) is 48.6 Å². The molecule has 3 amide bonds. The van der Waals surface area contributed by atoms with Gasteiger partial charge in [0.1, 0.15) is 0 Å². The Morgan fingerprint density at radius 2 is 2.11 bits per heavy atom. The Morgan fingerprint density at radius 1 is 1.42 bits per heavy atom. The SMILES string of the molecule is CC(C)CNC(=O)NC(=O)CN1CCC(N)CC1C. The summed E-state index contributed by atoms with van der Waals surface area (Å²) in [6, 6.07) is 0.0944. The highest BCUT2D eigenvalue weighted by molar-refractivity contribution is 5.95. The highest BCUT2D eigenvalue weighted by atomic mass is 16.2. The van der Waals surface area contributed by atoms with Crippen molar-refractivity contribution in [1.82, 2.24) is 15.5 Å². The van der Waals surface area contributed by atoms with Crippen LogP contribution in [0.4, 0.5) is 4.79 Å². The number of rotatable bonds is 4. The van der Waals surface area contributed by atoms with Crippen molar-refractivity contribution in [2.45, 2.75) is 45.7 Å². The molecular weight excluding hydrogens is 244 g/mol. The molecule has 0 bridgehead atoms. The van der Waals surface area contributed by atoms with E-state index in [1.807, 2.05) is 13.8 Å². The first-order chi connectivity index (χ1) is 8.88. The molecule has 19 heavy (non-hydrogen) atoms. The lowest BCUT2D eigenvalue weighted by molar-refractivity contribution is -0.122. The van der Waals surface area contributed by atoms with Gasteiger partial charge in [-0.15, -0.1) is 0 Å². The molecule has 0 spiro atoms. The van der Waals surface area contributed by atoms with Crippen molar-refractivity contribution in [2.24, 2.45) is 11.7 Å². The average molecular weight is 270 g/mol. The van der Waals surface area contributed by atoms with Gasteiger partial charge in [-0.1, -0.05) is 13.8 Å². The summed E-state index contributed by atoms with van der Waals surface area (Å²) in [5.74, 6) is 0.105. The number of nitrogens with two attached hydrogens (primary N) is 1. The van der Waals surface area contributed by atoms with E-state index in [1.165, 1.54) is 0 Å². The Labute approximate surface area is 115 Å². The van der Waals surface area contributed by atoms with Gasteiger partial charge >= 0.3 is 6.03 Å². The smallest absolute Gasteiger partial charge is 0.321 e. The molecule has 4 N–H and O–H groups in total. The zero-order valence-electron chi connectivity index (χ0n) is 12.1. The maximum Gasteiger partial charge on any atom is 0.321 e. The predicted octanol–water partition coefficient (Wildman–Crippen LogP) is 0.280. The molecule has 0 aromatic rings. The van der Waals surface area contributed by atoms with Crippen molar-refractivity contribution in [3.05, 3.63) is 0 Å². The van der Waals surface area contributed by atoms with Gasteiger partial charge in [-0.2, -0.15) is 0 Å². The van der Waals surface area contributed by atoms with Gasteiger partial charge in [-0.05, 0) is 25.7 Å². The summed E-state index contributed by atoms with van der Waals surface area (Å²) in [5.41, 5.74) is 5.88. The van der Waals surface area contributed by atoms with Gasteiger partial charge in [0.05, 0.1) is 6.54 Å². The van der Waals surface area contributed by atoms with E-state index in [0.717, 1.165) is 19.4 Å². The fourth-order valence-corrected chi connectivity index (χ4v) is 2.18. The number of likely N-dealkylation sites (tertiary alicyclic amines) is 1. The summed E-state index contributed by atoms with van der Waals surface area (Å²) in [6.45, 7) is 7.69. The molecule has 1 heterocycles. The minimum absolute atomic E-state index is 0.226. The van der Waals surface area contributed by atoms with Crippen LogP contribution in [0.3, 0.4) is 0 Å². The van der Waals surface area contributed by atoms with Crippen molar-refractivity contribution in [3.8, 4) is 0 Å². The van der Waals surface area contributed by atoms with Crippen LogP contribution in [0.15, 0.2) is 0 Å². The number of hydrogen-bond acceptors (Lipinski definition) is 4. The molecule has 6 nitrogen and oxygen atoms in total. The molecule has 2 unspecified atom stereocenters. The van der Waals surface area contributed by atoms with E-state index in [4.69, 9.17) is 5.73 Å². The molecule has 0 aliphatic carbocycles. The quantitative estimate of drug-likeness (QED) is 0.685. The largest absolute Gasteiger partial charge is 0.338 e. The van der Waals surface area contributed by atoms with Gasteiger partial charge in [-0.3, -0.25) is 15.0 Å².